The Labute approximate surface area is 209 Å². The lowest BCUT2D eigenvalue weighted by atomic mass is 10.1. The Hall–Kier alpha value is -4.93. The van der Waals surface area contributed by atoms with E-state index in [-0.39, 0.29) is 27.7 Å². The van der Waals surface area contributed by atoms with Crippen LogP contribution in [0.4, 0.5) is 32.0 Å². The Morgan fingerprint density at radius 2 is 1.76 bits per heavy atom. The first-order chi connectivity index (χ1) is 17.8. The van der Waals surface area contributed by atoms with Gasteiger partial charge < -0.3 is 11.1 Å². The van der Waals surface area contributed by atoms with Gasteiger partial charge in [0.25, 0.3) is 11.8 Å². The normalized spacial score (nSPS) is 11.4. The average molecular weight is 532 g/mol. The molecular weight excluding hydrogens is 518 g/mol. The van der Waals surface area contributed by atoms with E-state index in [0.29, 0.717) is 12.1 Å². The Bertz CT molecular complexity index is 1670. The second-order valence-electron chi connectivity index (χ2n) is 8.04. The molecule has 0 spiro atoms. The van der Waals surface area contributed by atoms with Crippen LogP contribution in [0.15, 0.2) is 36.4 Å². The summed E-state index contributed by atoms with van der Waals surface area (Å²) in [5, 5.41) is 14.1. The molecule has 2 aromatic heterocycles. The summed E-state index contributed by atoms with van der Waals surface area (Å²) in [6.45, 7) is 0.713. The fourth-order valence-electron chi connectivity index (χ4n) is 3.67. The van der Waals surface area contributed by atoms with Gasteiger partial charge in [0.1, 0.15) is 11.5 Å². The number of nitrogens with two attached hydrogens (primary N) is 1. The number of carbonyl (C=O) groups is 2. The summed E-state index contributed by atoms with van der Waals surface area (Å²) >= 11 is 0. The third-order valence-electron chi connectivity index (χ3n) is 5.56. The molecule has 2 aromatic carbocycles. The second kappa shape index (κ2) is 9.51. The van der Waals surface area contributed by atoms with Gasteiger partial charge in [-0.1, -0.05) is 6.07 Å². The first-order valence-corrected chi connectivity index (χ1v) is 10.5. The van der Waals surface area contributed by atoms with E-state index in [1.165, 1.54) is 19.1 Å². The number of nitrogens with one attached hydrogen (secondary N) is 1. The maximum absolute atomic E-state index is 14.4. The zero-order valence-corrected chi connectivity index (χ0v) is 19.1. The predicted octanol–water partition coefficient (Wildman–Crippen LogP) is 4.45. The number of halogens is 6. The second-order valence-corrected chi connectivity index (χ2v) is 8.04. The number of anilines is 1. The molecule has 0 aliphatic carbocycles. The van der Waals surface area contributed by atoms with Gasteiger partial charge in [-0.3, -0.25) is 14.3 Å². The minimum atomic E-state index is -5.06. The van der Waals surface area contributed by atoms with Gasteiger partial charge in [0.05, 0.1) is 40.6 Å². The summed E-state index contributed by atoms with van der Waals surface area (Å²) in [4.78, 5) is 28.5. The van der Waals surface area contributed by atoms with Crippen molar-refractivity contribution in [1.82, 2.24) is 14.8 Å². The maximum atomic E-state index is 14.4. The summed E-state index contributed by atoms with van der Waals surface area (Å²) in [6.07, 6.45) is -5.06. The Kier molecular flexibility index (Phi) is 6.54. The fourth-order valence-corrected chi connectivity index (χ4v) is 3.67. The van der Waals surface area contributed by atoms with Crippen LogP contribution in [0.3, 0.4) is 0 Å². The van der Waals surface area contributed by atoms with Gasteiger partial charge in [-0.05, 0) is 31.2 Å². The lowest BCUT2D eigenvalue weighted by Crippen LogP contribution is -2.19. The lowest BCUT2D eigenvalue weighted by molar-refractivity contribution is -0.140. The van der Waals surface area contributed by atoms with E-state index in [2.05, 4.69) is 15.4 Å². The van der Waals surface area contributed by atoms with Gasteiger partial charge in [-0.15, -0.1) is 0 Å². The highest BCUT2D eigenvalue weighted by Gasteiger charge is 2.39. The van der Waals surface area contributed by atoms with Gasteiger partial charge in [0.2, 0.25) is 0 Å². The molecule has 0 fully saturated rings. The van der Waals surface area contributed by atoms with Crippen LogP contribution < -0.4 is 11.1 Å². The van der Waals surface area contributed by atoms with Crippen LogP contribution in [0.2, 0.25) is 0 Å². The zero-order chi connectivity index (χ0) is 27.9. The number of hydrogen-bond acceptors (Lipinski definition) is 5. The molecule has 0 radical (unpaired) electrons. The zero-order valence-electron chi connectivity index (χ0n) is 19.1. The monoisotopic (exact) mass is 532 g/mol. The highest BCUT2D eigenvalue weighted by Crippen LogP contribution is 2.36. The summed E-state index contributed by atoms with van der Waals surface area (Å²) in [6, 6.07) is 7.17. The van der Waals surface area contributed by atoms with Gasteiger partial charge >= 0.3 is 6.18 Å². The van der Waals surface area contributed by atoms with E-state index < -0.39 is 64.6 Å². The van der Waals surface area contributed by atoms with E-state index >= 15 is 0 Å². The Morgan fingerprint density at radius 1 is 1.08 bits per heavy atom. The van der Waals surface area contributed by atoms with Crippen molar-refractivity contribution in [1.29, 1.82) is 5.26 Å². The molecule has 38 heavy (non-hydrogen) atoms. The summed E-state index contributed by atoms with van der Waals surface area (Å²) < 4.78 is 84.3. The Balaban J connectivity index is 1.80. The minimum absolute atomic E-state index is 0.00333. The van der Waals surface area contributed by atoms with Crippen molar-refractivity contribution in [3.05, 3.63) is 87.6 Å². The van der Waals surface area contributed by atoms with Crippen molar-refractivity contribution in [2.45, 2.75) is 19.6 Å². The number of carbonyl (C=O) groups excluding carboxylic acids is 2. The van der Waals surface area contributed by atoms with E-state index in [0.717, 1.165) is 16.8 Å². The summed E-state index contributed by atoms with van der Waals surface area (Å²) in [5.41, 5.74) is 1.22. The van der Waals surface area contributed by atoms with Crippen molar-refractivity contribution < 1.29 is 35.9 Å². The third-order valence-corrected chi connectivity index (χ3v) is 5.56. The van der Waals surface area contributed by atoms with E-state index in [9.17, 15) is 35.9 Å². The molecule has 0 saturated heterocycles. The number of alkyl halides is 3. The van der Waals surface area contributed by atoms with Crippen LogP contribution in [0.25, 0.3) is 10.9 Å². The van der Waals surface area contributed by atoms with Crippen LogP contribution in [0, 0.1) is 35.7 Å². The number of pyridine rings is 1. The van der Waals surface area contributed by atoms with Crippen LogP contribution in [-0.4, -0.2) is 26.6 Å². The Morgan fingerprint density at radius 3 is 2.37 bits per heavy atom. The molecule has 0 aliphatic heterocycles. The summed E-state index contributed by atoms with van der Waals surface area (Å²) in [7, 11) is 0. The van der Waals surface area contributed by atoms with Crippen LogP contribution in [0.1, 0.15) is 43.4 Å². The van der Waals surface area contributed by atoms with Crippen LogP contribution in [-0.2, 0) is 12.7 Å². The largest absolute Gasteiger partial charge is 0.437 e. The number of nitriles is 1. The molecule has 0 saturated carbocycles. The topological polar surface area (TPSA) is 127 Å². The summed E-state index contributed by atoms with van der Waals surface area (Å²) in [5.74, 6) is -5.93. The smallest absolute Gasteiger partial charge is 0.364 e. The van der Waals surface area contributed by atoms with Gasteiger partial charge in [-0.2, -0.15) is 23.5 Å². The van der Waals surface area contributed by atoms with Crippen LogP contribution in [0.5, 0.6) is 0 Å². The number of nitrogens with zero attached hydrogens (tertiary/aromatic N) is 4. The molecule has 3 N–H and O–H groups in total. The highest BCUT2D eigenvalue weighted by atomic mass is 19.4. The van der Waals surface area contributed by atoms with Crippen molar-refractivity contribution >= 4 is 28.4 Å². The number of aromatic nitrogens is 3. The van der Waals surface area contributed by atoms with Crippen molar-refractivity contribution in [3.8, 4) is 6.07 Å². The molecule has 2 heterocycles. The quantitative estimate of drug-likeness (QED) is 0.368. The maximum Gasteiger partial charge on any atom is 0.437 e. The molecular formula is C24H14F6N6O2. The molecule has 0 unspecified atom stereocenters. The van der Waals surface area contributed by atoms with E-state index in [4.69, 9.17) is 11.0 Å². The standard InChI is InChI=1S/C24H14F6N6O2/c1-10-20(21(24(28,29)30)35-36(10)9-12-3-2-11(8-31)4-15(12)25)34-23(38)14-6-19(22(32)37)33-18-7-17(27)16(26)5-13(14)18/h2-7H,9H2,1H3,(H2,32,37)(H,34,38). The van der Waals surface area contributed by atoms with Gasteiger partial charge in [0.15, 0.2) is 17.3 Å². The number of amides is 2. The number of rotatable bonds is 5. The molecule has 4 aromatic rings. The average Bonchev–Trinajstić information content (AvgIpc) is 3.15. The molecule has 0 aliphatic rings. The van der Waals surface area contributed by atoms with Crippen molar-refractivity contribution in [2.24, 2.45) is 5.73 Å². The molecule has 0 atom stereocenters. The molecule has 4 rings (SSSR count). The van der Waals surface area contributed by atoms with E-state index in [1.807, 2.05) is 0 Å². The number of benzene rings is 2. The molecule has 194 valence electrons. The SMILES string of the molecule is Cc1c(NC(=O)c2cc(C(N)=O)nc3cc(F)c(F)cc23)c(C(F)(F)F)nn1Cc1ccc(C#N)cc1F. The number of primary amides is 1. The van der Waals surface area contributed by atoms with Gasteiger partial charge in [0, 0.05) is 17.0 Å². The molecule has 0 bridgehead atoms. The molecule has 2 amide bonds. The lowest BCUT2D eigenvalue weighted by Gasteiger charge is -2.12. The molecule has 14 heteroatoms. The van der Waals surface area contributed by atoms with Crippen molar-refractivity contribution in [3.63, 3.8) is 0 Å². The van der Waals surface area contributed by atoms with E-state index in [1.54, 1.807) is 6.07 Å². The fraction of sp³-hybridized carbons (Fsp3) is 0.125. The number of hydrogen-bond donors (Lipinski definition) is 2. The predicted molar refractivity (Wildman–Crippen MR) is 120 cm³/mol. The highest BCUT2D eigenvalue weighted by molar-refractivity contribution is 6.14. The first kappa shape index (κ1) is 26.1. The van der Waals surface area contributed by atoms with Gasteiger partial charge in [-0.25, -0.2) is 18.2 Å². The molecule has 8 nitrogen and oxygen atoms in total. The third kappa shape index (κ3) is 4.85. The number of fused-ring (bicyclic) bond motifs is 1. The van der Waals surface area contributed by atoms with Crippen LogP contribution >= 0.6 is 0 Å². The van der Waals surface area contributed by atoms with Crippen molar-refractivity contribution in [2.75, 3.05) is 5.32 Å². The first-order valence-electron chi connectivity index (χ1n) is 10.5. The minimum Gasteiger partial charge on any atom is -0.364 e.